The molecule has 30 heavy (non-hydrogen) atoms. The maximum absolute atomic E-state index is 12.3. The molecule has 0 bridgehead atoms. The summed E-state index contributed by atoms with van der Waals surface area (Å²) in [5, 5.41) is 21.7. The number of azo groups is 1. The summed E-state index contributed by atoms with van der Waals surface area (Å²) in [7, 11) is 1.90. The quantitative estimate of drug-likeness (QED) is 0.592. The van der Waals surface area contributed by atoms with E-state index >= 15 is 0 Å². The average molecular weight is 401 g/mol. The number of carbonyl (C=O) groups excluding carboxylic acids is 1. The Morgan fingerprint density at radius 3 is 2.47 bits per heavy atom. The van der Waals surface area contributed by atoms with Crippen molar-refractivity contribution in [2.45, 2.75) is 26.9 Å². The SMILES string of the molecule is CNCc1ccc2nc(N=NC3=C(O)C(C)=C(C)C3=O)n(Cc3ccccc3)c2c1. The van der Waals surface area contributed by atoms with Gasteiger partial charge >= 0.3 is 0 Å². The Labute approximate surface area is 174 Å². The highest BCUT2D eigenvalue weighted by Crippen LogP contribution is 2.30. The fourth-order valence-electron chi connectivity index (χ4n) is 3.47. The topological polar surface area (TPSA) is 91.9 Å². The molecule has 1 heterocycles. The second kappa shape index (κ2) is 8.04. The van der Waals surface area contributed by atoms with Gasteiger partial charge in [0.25, 0.3) is 5.95 Å². The van der Waals surface area contributed by atoms with Gasteiger partial charge in [-0.1, -0.05) is 36.4 Å². The summed E-state index contributed by atoms with van der Waals surface area (Å²) in [6.45, 7) is 4.66. The summed E-state index contributed by atoms with van der Waals surface area (Å²) in [6.07, 6.45) is 0. The predicted octanol–water partition coefficient (Wildman–Crippen LogP) is 4.58. The molecule has 0 unspecified atom stereocenters. The van der Waals surface area contributed by atoms with Crippen LogP contribution in [-0.2, 0) is 17.9 Å². The van der Waals surface area contributed by atoms with E-state index in [0.29, 0.717) is 23.6 Å². The lowest BCUT2D eigenvalue weighted by Gasteiger charge is -2.07. The molecule has 0 atom stereocenters. The highest BCUT2D eigenvalue weighted by molar-refractivity contribution is 6.12. The summed E-state index contributed by atoms with van der Waals surface area (Å²) in [6, 6.07) is 16.1. The summed E-state index contributed by atoms with van der Waals surface area (Å²) >= 11 is 0. The van der Waals surface area contributed by atoms with Crippen LogP contribution in [0.2, 0.25) is 0 Å². The maximum Gasteiger partial charge on any atom is 0.250 e. The van der Waals surface area contributed by atoms with Crippen molar-refractivity contribution in [3.05, 3.63) is 82.3 Å². The monoisotopic (exact) mass is 401 g/mol. The molecule has 152 valence electrons. The molecule has 7 heteroatoms. The van der Waals surface area contributed by atoms with E-state index in [1.807, 2.05) is 54.1 Å². The summed E-state index contributed by atoms with van der Waals surface area (Å²) in [5.41, 5.74) is 4.92. The molecule has 1 aliphatic rings. The van der Waals surface area contributed by atoms with Crippen LogP contribution in [-0.4, -0.2) is 27.5 Å². The Hall–Kier alpha value is -3.58. The number of aliphatic hydroxyl groups is 1. The average Bonchev–Trinajstić information content (AvgIpc) is 3.18. The van der Waals surface area contributed by atoms with Crippen molar-refractivity contribution < 1.29 is 9.90 Å². The van der Waals surface area contributed by atoms with Crippen LogP contribution < -0.4 is 5.32 Å². The van der Waals surface area contributed by atoms with Gasteiger partial charge in [0.2, 0.25) is 5.78 Å². The molecule has 0 saturated heterocycles. The van der Waals surface area contributed by atoms with Crippen molar-refractivity contribution in [1.82, 2.24) is 14.9 Å². The highest BCUT2D eigenvalue weighted by atomic mass is 16.3. The molecule has 3 aromatic rings. The van der Waals surface area contributed by atoms with E-state index in [-0.39, 0.29) is 17.2 Å². The molecule has 1 aromatic heterocycles. The standard InChI is InChI=1S/C23H23N5O2/c1-14-15(2)22(30)20(21(14)29)26-27-23-25-18-10-9-17(12-24-3)11-19(18)28(23)13-16-7-5-4-6-8-16/h4-11,24,29H,12-13H2,1-3H3. The van der Waals surface area contributed by atoms with Gasteiger partial charge in [0.1, 0.15) is 5.76 Å². The Morgan fingerprint density at radius 1 is 1.03 bits per heavy atom. The molecule has 2 N–H and O–H groups in total. The number of rotatable bonds is 6. The van der Waals surface area contributed by atoms with Crippen molar-refractivity contribution >= 4 is 22.8 Å². The number of fused-ring (bicyclic) bond motifs is 1. The smallest absolute Gasteiger partial charge is 0.250 e. The minimum absolute atomic E-state index is 0.0424. The van der Waals surface area contributed by atoms with Crippen molar-refractivity contribution in [2.24, 2.45) is 10.2 Å². The largest absolute Gasteiger partial charge is 0.505 e. The van der Waals surface area contributed by atoms with Gasteiger partial charge < -0.3 is 15.0 Å². The first-order chi connectivity index (χ1) is 14.5. The zero-order valence-corrected chi connectivity index (χ0v) is 17.2. The molecule has 0 spiro atoms. The molecule has 7 nitrogen and oxygen atoms in total. The van der Waals surface area contributed by atoms with Gasteiger partial charge in [-0.05, 0) is 44.2 Å². The number of aliphatic hydroxyl groups excluding tert-OH is 1. The van der Waals surface area contributed by atoms with E-state index in [4.69, 9.17) is 0 Å². The number of nitrogens with zero attached hydrogens (tertiary/aromatic N) is 4. The number of imidazole rings is 1. The number of aromatic nitrogens is 2. The molecule has 4 rings (SSSR count). The zero-order chi connectivity index (χ0) is 21.3. The van der Waals surface area contributed by atoms with Crippen molar-refractivity contribution in [3.8, 4) is 0 Å². The van der Waals surface area contributed by atoms with E-state index < -0.39 is 0 Å². The van der Waals surface area contributed by atoms with E-state index in [2.05, 4.69) is 26.6 Å². The van der Waals surface area contributed by atoms with E-state index in [0.717, 1.165) is 28.7 Å². The van der Waals surface area contributed by atoms with E-state index in [1.165, 1.54) is 0 Å². The molecule has 0 amide bonds. The van der Waals surface area contributed by atoms with Crippen LogP contribution in [0.5, 0.6) is 0 Å². The molecule has 2 aromatic carbocycles. The number of carbonyl (C=O) groups is 1. The second-order valence-corrected chi connectivity index (χ2v) is 7.31. The first-order valence-corrected chi connectivity index (χ1v) is 9.74. The molecular formula is C23H23N5O2. The minimum Gasteiger partial charge on any atom is -0.505 e. The van der Waals surface area contributed by atoms with Gasteiger partial charge in [0.15, 0.2) is 5.70 Å². The lowest BCUT2D eigenvalue weighted by Crippen LogP contribution is -2.05. The fourth-order valence-corrected chi connectivity index (χ4v) is 3.47. The molecule has 0 fully saturated rings. The van der Waals surface area contributed by atoms with Crippen LogP contribution in [0, 0.1) is 0 Å². The normalized spacial score (nSPS) is 14.7. The molecule has 0 aliphatic heterocycles. The maximum atomic E-state index is 12.3. The number of benzene rings is 2. The Morgan fingerprint density at radius 2 is 1.80 bits per heavy atom. The van der Waals surface area contributed by atoms with Crippen LogP contribution in [0.15, 0.2) is 81.4 Å². The van der Waals surface area contributed by atoms with Crippen molar-refractivity contribution in [2.75, 3.05) is 7.05 Å². The molecule has 0 radical (unpaired) electrons. The predicted molar refractivity (Wildman–Crippen MR) is 116 cm³/mol. The van der Waals surface area contributed by atoms with Crippen LogP contribution in [0.3, 0.4) is 0 Å². The Balaban J connectivity index is 1.79. The lowest BCUT2D eigenvalue weighted by molar-refractivity contribution is -0.112. The number of nitrogens with one attached hydrogen (secondary N) is 1. The van der Waals surface area contributed by atoms with Crippen molar-refractivity contribution in [1.29, 1.82) is 0 Å². The first-order valence-electron chi connectivity index (χ1n) is 9.74. The minimum atomic E-state index is -0.309. The van der Waals surface area contributed by atoms with Crippen LogP contribution in [0.4, 0.5) is 5.95 Å². The first kappa shape index (κ1) is 19.7. The number of allylic oxidation sites excluding steroid dienone is 2. The third-order valence-electron chi connectivity index (χ3n) is 5.29. The lowest BCUT2D eigenvalue weighted by atomic mass is 10.2. The number of hydrogen-bond donors (Lipinski definition) is 2. The van der Waals surface area contributed by atoms with Crippen molar-refractivity contribution in [3.63, 3.8) is 0 Å². The summed E-state index contributed by atoms with van der Waals surface area (Å²) in [5.74, 6) is -0.0511. The summed E-state index contributed by atoms with van der Waals surface area (Å²) < 4.78 is 1.97. The Bertz CT molecular complexity index is 1220. The number of Topliss-reactive ketones (excluding diaryl/α,β-unsaturated/α-hetero) is 1. The van der Waals surface area contributed by atoms with Crippen LogP contribution >= 0.6 is 0 Å². The van der Waals surface area contributed by atoms with Crippen LogP contribution in [0.1, 0.15) is 25.0 Å². The third-order valence-corrected chi connectivity index (χ3v) is 5.29. The molecule has 0 saturated carbocycles. The third kappa shape index (κ3) is 3.55. The van der Waals surface area contributed by atoms with Gasteiger partial charge in [-0.3, -0.25) is 4.79 Å². The van der Waals surface area contributed by atoms with Gasteiger partial charge in [0.05, 0.1) is 17.6 Å². The molecule has 1 aliphatic carbocycles. The van der Waals surface area contributed by atoms with Gasteiger partial charge in [-0.25, -0.2) is 4.98 Å². The number of hydrogen-bond acceptors (Lipinski definition) is 6. The van der Waals surface area contributed by atoms with Gasteiger partial charge in [-0.15, -0.1) is 10.2 Å². The van der Waals surface area contributed by atoms with Gasteiger partial charge in [-0.2, -0.15) is 0 Å². The van der Waals surface area contributed by atoms with Gasteiger partial charge in [0, 0.05) is 17.7 Å². The van der Waals surface area contributed by atoms with E-state index in [1.54, 1.807) is 13.8 Å². The second-order valence-electron chi connectivity index (χ2n) is 7.31. The van der Waals surface area contributed by atoms with E-state index in [9.17, 15) is 9.90 Å². The number of ketones is 1. The Kier molecular flexibility index (Phi) is 5.29. The fraction of sp³-hybridized carbons (Fsp3) is 0.217. The highest BCUT2D eigenvalue weighted by Gasteiger charge is 2.27. The molecular weight excluding hydrogens is 378 g/mol. The zero-order valence-electron chi connectivity index (χ0n) is 17.2. The van der Waals surface area contributed by atoms with Crippen LogP contribution in [0.25, 0.3) is 11.0 Å². The summed E-state index contributed by atoms with van der Waals surface area (Å²) in [4.78, 5) is 17.0.